The number of rotatable bonds is 7. The molecule has 0 aromatic heterocycles. The third-order valence-electron chi connectivity index (χ3n) is 3.59. The number of aliphatic hydroxyl groups is 1. The number of nitrogens with zero attached hydrogens (tertiary/aromatic N) is 1. The van der Waals surface area contributed by atoms with Crippen LogP contribution in [0.15, 0.2) is 48.5 Å². The van der Waals surface area contributed by atoms with Crippen LogP contribution in [-0.4, -0.2) is 24.2 Å². The molecule has 2 N–H and O–H groups in total. The number of hydrogen-bond acceptors (Lipinski definition) is 4. The van der Waals surface area contributed by atoms with E-state index in [-0.39, 0.29) is 18.4 Å². The van der Waals surface area contributed by atoms with Crippen molar-refractivity contribution in [3.8, 4) is 17.6 Å². The van der Waals surface area contributed by atoms with Crippen LogP contribution in [-0.2, 0) is 0 Å². The van der Waals surface area contributed by atoms with E-state index < -0.39 is 0 Å². The Kier molecular flexibility index (Phi) is 6.35. The first-order valence-electron chi connectivity index (χ1n) is 7.80. The second-order valence-corrected chi connectivity index (χ2v) is 5.53. The Balaban J connectivity index is 2.15. The lowest BCUT2D eigenvalue weighted by atomic mass is 10.1. The molecule has 24 heavy (non-hydrogen) atoms. The van der Waals surface area contributed by atoms with Gasteiger partial charge in [-0.25, -0.2) is 0 Å². The Morgan fingerprint density at radius 1 is 1.21 bits per heavy atom. The molecule has 0 aliphatic carbocycles. The Morgan fingerprint density at radius 2 is 1.88 bits per heavy atom. The molecule has 0 aliphatic rings. The van der Waals surface area contributed by atoms with Gasteiger partial charge in [-0.2, -0.15) is 5.26 Å². The number of carbonyl (C=O) groups excluding carboxylic acids is 1. The standard InChI is InChI=1S/C19H20N2O3/c1-14(10-11-22)13-21-19(23)16-7-3-5-9-18(16)24-17-8-4-2-6-15(17)12-20/h2-9,14,22H,10-11,13H2,1H3,(H,21,23). The van der Waals surface area contributed by atoms with Crippen LogP contribution in [0.25, 0.3) is 0 Å². The number of benzene rings is 2. The number of amides is 1. The number of nitriles is 1. The molecule has 124 valence electrons. The lowest BCUT2D eigenvalue weighted by Crippen LogP contribution is -2.28. The van der Waals surface area contributed by atoms with Gasteiger partial charge in [0.05, 0.1) is 11.1 Å². The highest BCUT2D eigenvalue weighted by Crippen LogP contribution is 2.27. The van der Waals surface area contributed by atoms with Gasteiger partial charge in [-0.05, 0) is 36.6 Å². The van der Waals surface area contributed by atoms with Gasteiger partial charge in [-0.3, -0.25) is 4.79 Å². The summed E-state index contributed by atoms with van der Waals surface area (Å²) in [5.41, 5.74) is 0.811. The molecule has 1 unspecified atom stereocenters. The smallest absolute Gasteiger partial charge is 0.255 e. The van der Waals surface area contributed by atoms with E-state index in [1.807, 2.05) is 6.92 Å². The normalized spacial score (nSPS) is 11.4. The molecule has 0 radical (unpaired) electrons. The SMILES string of the molecule is CC(CCO)CNC(=O)c1ccccc1Oc1ccccc1C#N. The fourth-order valence-corrected chi connectivity index (χ4v) is 2.19. The largest absolute Gasteiger partial charge is 0.455 e. The molecule has 5 nitrogen and oxygen atoms in total. The van der Waals surface area contributed by atoms with Crippen LogP contribution < -0.4 is 10.1 Å². The summed E-state index contributed by atoms with van der Waals surface area (Å²) in [5.74, 6) is 0.748. The number of ether oxygens (including phenoxy) is 1. The summed E-state index contributed by atoms with van der Waals surface area (Å²) in [4.78, 5) is 12.4. The predicted molar refractivity (Wildman–Crippen MR) is 90.9 cm³/mol. The summed E-state index contributed by atoms with van der Waals surface area (Å²) in [6.45, 7) is 2.53. The number of hydrogen-bond donors (Lipinski definition) is 2. The van der Waals surface area contributed by atoms with Gasteiger partial charge in [0.25, 0.3) is 5.91 Å². The predicted octanol–water partition coefficient (Wildman–Crippen LogP) is 3.10. The summed E-state index contributed by atoms with van der Waals surface area (Å²) < 4.78 is 5.78. The lowest BCUT2D eigenvalue weighted by molar-refractivity contribution is 0.0943. The van der Waals surface area contributed by atoms with Gasteiger partial charge < -0.3 is 15.2 Å². The topological polar surface area (TPSA) is 82.3 Å². The van der Waals surface area contributed by atoms with E-state index in [4.69, 9.17) is 15.1 Å². The first-order chi connectivity index (χ1) is 11.7. The molecule has 0 heterocycles. The van der Waals surface area contributed by atoms with Crippen LogP contribution in [0.4, 0.5) is 0 Å². The lowest BCUT2D eigenvalue weighted by Gasteiger charge is -2.14. The van der Waals surface area contributed by atoms with E-state index in [2.05, 4.69) is 11.4 Å². The van der Waals surface area contributed by atoms with E-state index >= 15 is 0 Å². The molecule has 1 amide bonds. The highest BCUT2D eigenvalue weighted by atomic mass is 16.5. The Labute approximate surface area is 141 Å². The van der Waals surface area contributed by atoms with Crippen LogP contribution >= 0.6 is 0 Å². The maximum Gasteiger partial charge on any atom is 0.255 e. The van der Waals surface area contributed by atoms with E-state index in [1.165, 1.54) is 0 Å². The van der Waals surface area contributed by atoms with Crippen molar-refractivity contribution in [1.29, 1.82) is 5.26 Å². The molecule has 2 aromatic carbocycles. The zero-order valence-corrected chi connectivity index (χ0v) is 13.5. The molecule has 0 fully saturated rings. The first-order valence-corrected chi connectivity index (χ1v) is 7.80. The van der Waals surface area contributed by atoms with Gasteiger partial charge in [0, 0.05) is 13.2 Å². The minimum Gasteiger partial charge on any atom is -0.455 e. The highest BCUT2D eigenvalue weighted by Gasteiger charge is 2.14. The Morgan fingerprint density at radius 3 is 2.58 bits per heavy atom. The summed E-state index contributed by atoms with van der Waals surface area (Å²) >= 11 is 0. The van der Waals surface area contributed by atoms with E-state index in [9.17, 15) is 4.79 Å². The second-order valence-electron chi connectivity index (χ2n) is 5.53. The fraction of sp³-hybridized carbons (Fsp3) is 0.263. The quantitative estimate of drug-likeness (QED) is 0.820. The summed E-state index contributed by atoms with van der Waals surface area (Å²) in [6.07, 6.45) is 0.633. The van der Waals surface area contributed by atoms with Crippen molar-refractivity contribution in [3.63, 3.8) is 0 Å². The molecular weight excluding hydrogens is 304 g/mol. The maximum atomic E-state index is 12.4. The fourth-order valence-electron chi connectivity index (χ4n) is 2.19. The zero-order chi connectivity index (χ0) is 17.4. The van der Waals surface area contributed by atoms with Crippen molar-refractivity contribution in [2.75, 3.05) is 13.2 Å². The van der Waals surface area contributed by atoms with Crippen molar-refractivity contribution in [2.45, 2.75) is 13.3 Å². The number of aliphatic hydroxyl groups excluding tert-OH is 1. The molecule has 0 bridgehead atoms. The van der Waals surface area contributed by atoms with Gasteiger partial charge in [0.2, 0.25) is 0 Å². The van der Waals surface area contributed by atoms with E-state index in [1.54, 1.807) is 48.5 Å². The van der Waals surface area contributed by atoms with Gasteiger partial charge >= 0.3 is 0 Å². The van der Waals surface area contributed by atoms with E-state index in [0.717, 1.165) is 0 Å². The van der Waals surface area contributed by atoms with Crippen molar-refractivity contribution in [1.82, 2.24) is 5.32 Å². The second kappa shape index (κ2) is 8.70. The monoisotopic (exact) mass is 324 g/mol. The third-order valence-corrected chi connectivity index (χ3v) is 3.59. The van der Waals surface area contributed by atoms with E-state index in [0.29, 0.717) is 35.6 Å². The molecule has 0 aliphatic heterocycles. The zero-order valence-electron chi connectivity index (χ0n) is 13.5. The Bertz CT molecular complexity index is 737. The van der Waals surface area contributed by atoms with Crippen molar-refractivity contribution in [2.24, 2.45) is 5.92 Å². The number of para-hydroxylation sites is 2. The first kappa shape index (κ1) is 17.5. The molecular formula is C19H20N2O3. The van der Waals surface area contributed by atoms with Crippen LogP contribution in [0.5, 0.6) is 11.5 Å². The summed E-state index contributed by atoms with van der Waals surface area (Å²) in [5, 5.41) is 20.9. The van der Waals surface area contributed by atoms with Crippen LogP contribution in [0.1, 0.15) is 29.3 Å². The van der Waals surface area contributed by atoms with Gasteiger partial charge in [-0.1, -0.05) is 31.2 Å². The molecule has 5 heteroatoms. The molecule has 2 rings (SSSR count). The Hall–Kier alpha value is -2.84. The minimum atomic E-state index is -0.246. The van der Waals surface area contributed by atoms with Gasteiger partial charge in [0.1, 0.15) is 17.6 Å². The van der Waals surface area contributed by atoms with Crippen molar-refractivity contribution >= 4 is 5.91 Å². The molecule has 0 spiro atoms. The van der Waals surface area contributed by atoms with Crippen LogP contribution in [0.3, 0.4) is 0 Å². The summed E-state index contributed by atoms with van der Waals surface area (Å²) in [6, 6.07) is 15.9. The third kappa shape index (κ3) is 4.58. The van der Waals surface area contributed by atoms with Crippen LogP contribution in [0.2, 0.25) is 0 Å². The number of nitrogens with one attached hydrogen (secondary N) is 1. The number of carbonyl (C=O) groups is 1. The molecule has 0 saturated carbocycles. The van der Waals surface area contributed by atoms with Crippen LogP contribution in [0, 0.1) is 17.2 Å². The molecule has 2 aromatic rings. The van der Waals surface area contributed by atoms with Crippen molar-refractivity contribution in [3.05, 3.63) is 59.7 Å². The van der Waals surface area contributed by atoms with Crippen molar-refractivity contribution < 1.29 is 14.6 Å². The highest BCUT2D eigenvalue weighted by molar-refractivity contribution is 5.97. The maximum absolute atomic E-state index is 12.4. The van der Waals surface area contributed by atoms with Gasteiger partial charge in [0.15, 0.2) is 0 Å². The average Bonchev–Trinajstić information content (AvgIpc) is 2.61. The van der Waals surface area contributed by atoms with Gasteiger partial charge in [-0.15, -0.1) is 0 Å². The minimum absolute atomic E-state index is 0.0989. The summed E-state index contributed by atoms with van der Waals surface area (Å²) in [7, 11) is 0. The average molecular weight is 324 g/mol. The molecule has 0 saturated heterocycles. The molecule has 1 atom stereocenters.